The minimum Gasteiger partial charge on any atom is -0.465 e. The molecule has 212 valence electrons. The zero-order valence-corrected chi connectivity index (χ0v) is 24.0. The lowest BCUT2D eigenvalue weighted by molar-refractivity contribution is 0.00578. The second-order valence-electron chi connectivity index (χ2n) is 11.3. The highest BCUT2D eigenvalue weighted by Crippen LogP contribution is 2.44. The number of esters is 1. The maximum absolute atomic E-state index is 13.0. The summed E-state index contributed by atoms with van der Waals surface area (Å²) >= 11 is 0. The smallest absolute Gasteiger partial charge is 0.465 e. The molecule has 0 spiro atoms. The van der Waals surface area contributed by atoms with Gasteiger partial charge in [0.15, 0.2) is 0 Å². The molecule has 0 radical (unpaired) electrons. The normalized spacial score (nSPS) is 17.1. The molecule has 1 saturated heterocycles. The number of hydrogen-bond donors (Lipinski definition) is 2. The number of carbonyl (C=O) groups is 2. The summed E-state index contributed by atoms with van der Waals surface area (Å²) in [5, 5.41) is 2.86. The van der Waals surface area contributed by atoms with Crippen molar-refractivity contribution >= 4 is 30.9 Å². The number of benzene rings is 3. The minimum absolute atomic E-state index is 0.0437. The Hall–Kier alpha value is -4.08. The minimum atomic E-state index is -0.729. The number of anilines is 1. The largest absolute Gasteiger partial charge is 0.492 e. The monoisotopic (exact) mass is 554 g/mol. The van der Waals surface area contributed by atoms with E-state index < -0.39 is 30.4 Å². The van der Waals surface area contributed by atoms with Crippen LogP contribution in [0, 0.1) is 0 Å². The highest BCUT2D eigenvalue weighted by Gasteiger charge is 2.52. The zero-order valence-electron chi connectivity index (χ0n) is 24.0. The van der Waals surface area contributed by atoms with Crippen LogP contribution >= 0.6 is 0 Å². The van der Waals surface area contributed by atoms with E-state index in [1.807, 2.05) is 58.0 Å². The molecule has 1 heterocycles. The topological polar surface area (TPSA) is 109 Å². The van der Waals surface area contributed by atoms with E-state index in [9.17, 15) is 9.59 Å². The van der Waals surface area contributed by atoms with Gasteiger partial charge in [0.05, 0.1) is 23.9 Å². The van der Waals surface area contributed by atoms with Crippen LogP contribution in [0.5, 0.6) is 0 Å². The maximum Gasteiger partial charge on any atom is 0.492 e. The molecule has 0 unspecified atom stereocenters. The summed E-state index contributed by atoms with van der Waals surface area (Å²) in [6, 6.07) is 21.4. The van der Waals surface area contributed by atoms with E-state index in [2.05, 4.69) is 29.6 Å². The number of nitrogen functional groups attached to an aromatic ring is 1. The molecule has 9 heteroatoms. The van der Waals surface area contributed by atoms with Crippen LogP contribution in [0.3, 0.4) is 0 Å². The summed E-state index contributed by atoms with van der Waals surface area (Å²) in [5.41, 5.74) is 11.3. The third-order valence-corrected chi connectivity index (χ3v) is 8.17. The van der Waals surface area contributed by atoms with Gasteiger partial charge in [-0.15, -0.1) is 0 Å². The SMILES string of the molecule is COC(=O)c1cc(C=C(CNC(=O)OCC2c3ccccc3-c3ccccc32)B2OC(C)(C)C(C)(C)O2)ccc1N. The lowest BCUT2D eigenvalue weighted by atomic mass is 9.77. The number of alkyl carbamates (subject to hydrolysis) is 1. The molecule has 5 rings (SSSR count). The Morgan fingerprint density at radius 2 is 1.54 bits per heavy atom. The number of carbonyl (C=O) groups excluding carboxylic acids is 2. The summed E-state index contributed by atoms with van der Waals surface area (Å²) in [7, 11) is 0.575. The number of methoxy groups -OCH3 is 1. The molecule has 0 atom stereocenters. The lowest BCUT2D eigenvalue weighted by Gasteiger charge is -2.32. The predicted molar refractivity (Wildman–Crippen MR) is 159 cm³/mol. The van der Waals surface area contributed by atoms with Crippen molar-refractivity contribution in [1.29, 1.82) is 0 Å². The number of nitrogens with one attached hydrogen (secondary N) is 1. The molecule has 1 aliphatic heterocycles. The summed E-state index contributed by atoms with van der Waals surface area (Å²) in [6.07, 6.45) is 1.26. The fourth-order valence-electron chi connectivity index (χ4n) is 5.19. The number of ether oxygens (including phenoxy) is 2. The Labute approximate surface area is 241 Å². The summed E-state index contributed by atoms with van der Waals surface area (Å²) < 4.78 is 23.1. The van der Waals surface area contributed by atoms with E-state index in [0.29, 0.717) is 16.7 Å². The third kappa shape index (κ3) is 5.60. The van der Waals surface area contributed by atoms with Crippen molar-refractivity contribution in [2.75, 3.05) is 26.0 Å². The molecular weight excluding hydrogens is 519 g/mol. The van der Waals surface area contributed by atoms with Crippen LogP contribution < -0.4 is 11.1 Å². The van der Waals surface area contributed by atoms with E-state index in [-0.39, 0.29) is 24.6 Å². The molecule has 3 N–H and O–H groups in total. The second kappa shape index (κ2) is 11.1. The fraction of sp³-hybridized carbons (Fsp3) is 0.312. The molecule has 41 heavy (non-hydrogen) atoms. The van der Waals surface area contributed by atoms with Gasteiger partial charge in [-0.05, 0) is 73.1 Å². The first-order valence-electron chi connectivity index (χ1n) is 13.6. The molecule has 2 aliphatic rings. The molecule has 0 aromatic heterocycles. The molecule has 3 aromatic carbocycles. The van der Waals surface area contributed by atoms with Crippen LogP contribution in [-0.2, 0) is 18.8 Å². The van der Waals surface area contributed by atoms with Gasteiger partial charge in [-0.1, -0.05) is 60.7 Å². The lowest BCUT2D eigenvalue weighted by Crippen LogP contribution is -2.41. The Balaban J connectivity index is 1.33. The Morgan fingerprint density at radius 3 is 2.12 bits per heavy atom. The van der Waals surface area contributed by atoms with Crippen LogP contribution in [0.25, 0.3) is 17.2 Å². The number of nitrogens with two attached hydrogens (primary N) is 1. The third-order valence-electron chi connectivity index (χ3n) is 8.17. The van der Waals surface area contributed by atoms with Crippen molar-refractivity contribution in [3.05, 3.63) is 94.5 Å². The Morgan fingerprint density at radius 1 is 0.951 bits per heavy atom. The van der Waals surface area contributed by atoms with Gasteiger partial charge in [0.1, 0.15) is 6.61 Å². The Bertz CT molecular complexity index is 1450. The van der Waals surface area contributed by atoms with Crippen molar-refractivity contribution < 1.29 is 28.4 Å². The zero-order chi connectivity index (χ0) is 29.4. The number of rotatable bonds is 7. The number of amides is 1. The molecule has 3 aromatic rings. The fourth-order valence-corrected chi connectivity index (χ4v) is 5.19. The van der Waals surface area contributed by atoms with Crippen molar-refractivity contribution in [1.82, 2.24) is 5.32 Å². The van der Waals surface area contributed by atoms with E-state index in [1.54, 1.807) is 18.2 Å². The summed E-state index contributed by atoms with van der Waals surface area (Å²) in [4.78, 5) is 25.2. The van der Waals surface area contributed by atoms with Gasteiger partial charge in [-0.3, -0.25) is 0 Å². The first kappa shape index (κ1) is 28.5. The van der Waals surface area contributed by atoms with E-state index in [0.717, 1.165) is 22.3 Å². The maximum atomic E-state index is 13.0. The van der Waals surface area contributed by atoms with Crippen molar-refractivity contribution in [3.8, 4) is 11.1 Å². The van der Waals surface area contributed by atoms with Crippen molar-refractivity contribution in [2.24, 2.45) is 0 Å². The van der Waals surface area contributed by atoms with Crippen LogP contribution in [0.15, 0.2) is 72.2 Å². The predicted octanol–water partition coefficient (Wildman–Crippen LogP) is 5.61. The van der Waals surface area contributed by atoms with Crippen molar-refractivity contribution in [2.45, 2.75) is 44.8 Å². The molecule has 0 saturated carbocycles. The summed E-state index contributed by atoms with van der Waals surface area (Å²) in [5.74, 6) is -0.579. The Kier molecular flexibility index (Phi) is 7.68. The van der Waals surface area contributed by atoms with Gasteiger partial charge < -0.3 is 29.8 Å². The average molecular weight is 554 g/mol. The van der Waals surface area contributed by atoms with Crippen LogP contribution in [0.2, 0.25) is 0 Å². The molecular formula is C32H35BN2O6. The van der Waals surface area contributed by atoms with E-state index in [4.69, 9.17) is 24.5 Å². The highest BCUT2D eigenvalue weighted by molar-refractivity contribution is 6.56. The van der Waals surface area contributed by atoms with Gasteiger partial charge >= 0.3 is 19.2 Å². The van der Waals surface area contributed by atoms with Gasteiger partial charge in [0.2, 0.25) is 0 Å². The average Bonchev–Trinajstić information content (AvgIpc) is 3.39. The number of fused-ring (bicyclic) bond motifs is 3. The van der Waals surface area contributed by atoms with E-state index in [1.165, 1.54) is 7.11 Å². The first-order chi connectivity index (χ1) is 19.5. The van der Waals surface area contributed by atoms with E-state index >= 15 is 0 Å². The van der Waals surface area contributed by atoms with Gasteiger partial charge in [-0.2, -0.15) is 0 Å². The molecule has 1 aliphatic carbocycles. The van der Waals surface area contributed by atoms with Crippen LogP contribution in [0.4, 0.5) is 10.5 Å². The van der Waals surface area contributed by atoms with Gasteiger partial charge in [0, 0.05) is 18.2 Å². The highest BCUT2D eigenvalue weighted by atomic mass is 16.7. The van der Waals surface area contributed by atoms with Crippen LogP contribution in [0.1, 0.15) is 60.7 Å². The van der Waals surface area contributed by atoms with Gasteiger partial charge in [0.25, 0.3) is 0 Å². The number of hydrogen-bond acceptors (Lipinski definition) is 7. The molecule has 1 amide bonds. The molecule has 0 bridgehead atoms. The standard InChI is InChI=1S/C32H35BN2O6/c1-31(2)32(3,4)41-33(40-31)21(16-20-14-15-28(34)26(17-20)29(36)38-5)18-35-30(37)39-19-27-24-12-8-6-10-22(24)23-11-7-9-13-25(23)27/h6-17,27H,18-19,34H2,1-5H3,(H,35,37). The van der Waals surface area contributed by atoms with Gasteiger partial charge in [-0.25, -0.2) is 9.59 Å². The molecule has 8 nitrogen and oxygen atoms in total. The van der Waals surface area contributed by atoms with Crippen molar-refractivity contribution in [3.63, 3.8) is 0 Å². The quantitative estimate of drug-likeness (QED) is 0.222. The second-order valence-corrected chi connectivity index (χ2v) is 11.3. The van der Waals surface area contributed by atoms with Crippen LogP contribution in [-0.4, -0.2) is 50.6 Å². The molecule has 1 fully saturated rings. The first-order valence-corrected chi connectivity index (χ1v) is 13.6. The summed E-state index contributed by atoms with van der Waals surface area (Å²) in [6.45, 7) is 8.15.